The number of allylic oxidation sites excluding steroid dienone is 2. The lowest BCUT2D eigenvalue weighted by molar-refractivity contribution is -0.148. The maximum absolute atomic E-state index is 12.0. The van der Waals surface area contributed by atoms with Gasteiger partial charge in [0.05, 0.1) is 13.2 Å². The molecule has 0 rings (SSSR count). The molecule has 0 aliphatic rings. The molecule has 0 bridgehead atoms. The zero-order valence-corrected chi connectivity index (χ0v) is 20.6. The standard InChI is InChI=1S/C27H52O3/c1-4-7-9-10-11-12-13-14-15-16-17-18-19-20-21-22-26(29)30-25-27(6-3,24-28)23-8-5-2/h14-15,28H,4-13,16-25H2,1-3H3/b15-14-. The summed E-state index contributed by atoms with van der Waals surface area (Å²) in [5, 5.41) is 9.74. The van der Waals surface area contributed by atoms with Gasteiger partial charge in [0.15, 0.2) is 0 Å². The van der Waals surface area contributed by atoms with Gasteiger partial charge in [0.25, 0.3) is 0 Å². The van der Waals surface area contributed by atoms with Crippen LogP contribution in [0.5, 0.6) is 0 Å². The van der Waals surface area contributed by atoms with Gasteiger partial charge in [-0.2, -0.15) is 0 Å². The number of unbranched alkanes of at least 4 members (excludes halogenated alkanes) is 12. The smallest absolute Gasteiger partial charge is 0.305 e. The number of aliphatic hydroxyl groups is 1. The minimum Gasteiger partial charge on any atom is -0.465 e. The van der Waals surface area contributed by atoms with E-state index < -0.39 is 0 Å². The molecule has 0 aromatic heterocycles. The van der Waals surface area contributed by atoms with Crippen LogP contribution in [0.25, 0.3) is 0 Å². The quantitative estimate of drug-likeness (QED) is 0.108. The van der Waals surface area contributed by atoms with Crippen molar-refractivity contribution in [1.29, 1.82) is 0 Å². The Kier molecular flexibility index (Phi) is 20.8. The molecular weight excluding hydrogens is 372 g/mol. The predicted molar refractivity (Wildman–Crippen MR) is 130 cm³/mol. The van der Waals surface area contributed by atoms with Crippen molar-refractivity contribution in [3.05, 3.63) is 12.2 Å². The molecule has 1 unspecified atom stereocenters. The second-order valence-corrected chi connectivity index (χ2v) is 9.11. The molecule has 1 N–H and O–H groups in total. The van der Waals surface area contributed by atoms with Gasteiger partial charge in [0.1, 0.15) is 0 Å². The van der Waals surface area contributed by atoms with Crippen LogP contribution in [0.1, 0.15) is 136 Å². The van der Waals surface area contributed by atoms with Gasteiger partial charge in [-0.1, -0.05) is 97.1 Å². The minimum atomic E-state index is -0.242. The third-order valence-electron chi connectivity index (χ3n) is 6.33. The van der Waals surface area contributed by atoms with Gasteiger partial charge in [0, 0.05) is 11.8 Å². The zero-order valence-electron chi connectivity index (χ0n) is 20.6. The Bertz CT molecular complexity index is 399. The highest BCUT2D eigenvalue weighted by atomic mass is 16.5. The number of esters is 1. The number of rotatable bonds is 22. The fourth-order valence-electron chi connectivity index (χ4n) is 3.79. The van der Waals surface area contributed by atoms with Crippen LogP contribution in [0, 0.1) is 5.41 Å². The first-order valence-corrected chi connectivity index (χ1v) is 13.1. The predicted octanol–water partition coefficient (Wildman–Crippen LogP) is 8.15. The number of ether oxygens (including phenoxy) is 1. The maximum atomic E-state index is 12.0. The van der Waals surface area contributed by atoms with E-state index in [2.05, 4.69) is 32.9 Å². The molecule has 0 fully saturated rings. The average Bonchev–Trinajstić information content (AvgIpc) is 2.77. The highest BCUT2D eigenvalue weighted by molar-refractivity contribution is 5.69. The molecule has 3 nitrogen and oxygen atoms in total. The number of hydrogen-bond donors (Lipinski definition) is 1. The molecule has 0 aliphatic carbocycles. The van der Waals surface area contributed by atoms with E-state index in [0.717, 1.165) is 38.5 Å². The van der Waals surface area contributed by atoms with E-state index in [1.165, 1.54) is 70.6 Å². The molecule has 178 valence electrons. The summed E-state index contributed by atoms with van der Waals surface area (Å²) in [6.45, 7) is 6.95. The van der Waals surface area contributed by atoms with E-state index in [0.29, 0.717) is 13.0 Å². The monoisotopic (exact) mass is 424 g/mol. The van der Waals surface area contributed by atoms with Crippen LogP contribution in [0.2, 0.25) is 0 Å². The molecule has 0 aliphatic heterocycles. The van der Waals surface area contributed by atoms with E-state index >= 15 is 0 Å². The van der Waals surface area contributed by atoms with Crippen molar-refractivity contribution < 1.29 is 14.6 Å². The third-order valence-corrected chi connectivity index (χ3v) is 6.33. The Morgan fingerprint density at radius 2 is 1.30 bits per heavy atom. The summed E-state index contributed by atoms with van der Waals surface area (Å²) in [5.74, 6) is -0.101. The molecule has 0 saturated carbocycles. The third kappa shape index (κ3) is 16.9. The molecule has 0 heterocycles. The molecule has 0 amide bonds. The van der Waals surface area contributed by atoms with E-state index in [4.69, 9.17) is 4.74 Å². The largest absolute Gasteiger partial charge is 0.465 e. The lowest BCUT2D eigenvalue weighted by Gasteiger charge is -2.30. The normalized spacial score (nSPS) is 13.6. The van der Waals surface area contributed by atoms with Crippen molar-refractivity contribution in [2.75, 3.05) is 13.2 Å². The van der Waals surface area contributed by atoms with Gasteiger partial charge in [-0.25, -0.2) is 0 Å². The van der Waals surface area contributed by atoms with Gasteiger partial charge in [-0.05, 0) is 44.9 Å². The van der Waals surface area contributed by atoms with Crippen LogP contribution < -0.4 is 0 Å². The van der Waals surface area contributed by atoms with Gasteiger partial charge in [0.2, 0.25) is 0 Å². The fraction of sp³-hybridized carbons (Fsp3) is 0.889. The van der Waals surface area contributed by atoms with Gasteiger partial charge in [-0.15, -0.1) is 0 Å². The summed E-state index contributed by atoms with van der Waals surface area (Å²) < 4.78 is 5.50. The summed E-state index contributed by atoms with van der Waals surface area (Å²) in [5.41, 5.74) is -0.242. The minimum absolute atomic E-state index is 0.101. The molecule has 30 heavy (non-hydrogen) atoms. The van der Waals surface area contributed by atoms with Gasteiger partial charge < -0.3 is 9.84 Å². The molecule has 0 radical (unpaired) electrons. The van der Waals surface area contributed by atoms with Crippen LogP contribution in [0.4, 0.5) is 0 Å². The van der Waals surface area contributed by atoms with Crippen molar-refractivity contribution in [3.63, 3.8) is 0 Å². The lowest BCUT2D eigenvalue weighted by atomic mass is 9.82. The average molecular weight is 425 g/mol. The summed E-state index contributed by atoms with van der Waals surface area (Å²) in [7, 11) is 0. The van der Waals surface area contributed by atoms with Crippen LogP contribution in [0.3, 0.4) is 0 Å². The van der Waals surface area contributed by atoms with Crippen molar-refractivity contribution in [1.82, 2.24) is 0 Å². The van der Waals surface area contributed by atoms with Crippen molar-refractivity contribution in [2.45, 2.75) is 136 Å². The van der Waals surface area contributed by atoms with E-state index in [1.807, 2.05) is 0 Å². The first-order chi connectivity index (χ1) is 14.6. The second-order valence-electron chi connectivity index (χ2n) is 9.11. The van der Waals surface area contributed by atoms with Crippen LogP contribution >= 0.6 is 0 Å². The Morgan fingerprint density at radius 1 is 0.767 bits per heavy atom. The van der Waals surface area contributed by atoms with Crippen molar-refractivity contribution in [2.24, 2.45) is 5.41 Å². The molecular formula is C27H52O3. The SMILES string of the molecule is CCCCCCCC/C=C\CCCCCCCC(=O)OCC(CC)(CO)CCCC. The fourth-order valence-corrected chi connectivity index (χ4v) is 3.79. The molecule has 0 aromatic rings. The summed E-state index contributed by atoms with van der Waals surface area (Å²) in [6, 6.07) is 0. The van der Waals surface area contributed by atoms with E-state index in [9.17, 15) is 9.90 Å². The maximum Gasteiger partial charge on any atom is 0.305 e. The van der Waals surface area contributed by atoms with Crippen LogP contribution in [-0.4, -0.2) is 24.3 Å². The lowest BCUT2D eigenvalue weighted by Crippen LogP contribution is -2.31. The molecule has 1 atom stereocenters. The first-order valence-electron chi connectivity index (χ1n) is 13.1. The Labute approximate surface area is 188 Å². The highest BCUT2D eigenvalue weighted by Crippen LogP contribution is 2.29. The Hall–Kier alpha value is -0.830. The second kappa shape index (κ2) is 21.4. The molecule has 0 saturated heterocycles. The number of hydrogen-bond acceptors (Lipinski definition) is 3. The summed E-state index contributed by atoms with van der Waals surface area (Å²) in [4.78, 5) is 12.0. The number of carbonyl (C=O) groups excluding carboxylic acids is 1. The van der Waals surface area contributed by atoms with E-state index in [1.54, 1.807) is 0 Å². The Morgan fingerprint density at radius 3 is 1.83 bits per heavy atom. The van der Waals surface area contributed by atoms with E-state index in [-0.39, 0.29) is 18.0 Å². The Balaban J connectivity index is 3.57. The van der Waals surface area contributed by atoms with Gasteiger partial charge >= 0.3 is 5.97 Å². The van der Waals surface area contributed by atoms with Gasteiger partial charge in [-0.3, -0.25) is 4.79 Å². The molecule has 0 spiro atoms. The topological polar surface area (TPSA) is 46.5 Å². The summed E-state index contributed by atoms with van der Waals surface area (Å²) in [6.07, 6.45) is 25.6. The highest BCUT2D eigenvalue weighted by Gasteiger charge is 2.28. The van der Waals surface area contributed by atoms with Crippen molar-refractivity contribution in [3.8, 4) is 0 Å². The molecule has 3 heteroatoms. The first kappa shape index (κ1) is 29.2. The molecule has 0 aromatic carbocycles. The number of aliphatic hydroxyl groups excluding tert-OH is 1. The van der Waals surface area contributed by atoms with Crippen LogP contribution in [-0.2, 0) is 9.53 Å². The number of carbonyl (C=O) groups is 1. The van der Waals surface area contributed by atoms with Crippen molar-refractivity contribution >= 4 is 5.97 Å². The summed E-state index contributed by atoms with van der Waals surface area (Å²) >= 11 is 0. The zero-order chi connectivity index (χ0) is 22.3. The van der Waals surface area contributed by atoms with Crippen LogP contribution in [0.15, 0.2) is 12.2 Å².